The van der Waals surface area contributed by atoms with E-state index in [1.807, 2.05) is 0 Å². The lowest BCUT2D eigenvalue weighted by molar-refractivity contribution is -0.137. The van der Waals surface area contributed by atoms with Crippen LogP contribution < -0.4 is 4.90 Å². The van der Waals surface area contributed by atoms with Gasteiger partial charge in [-0.15, -0.1) is 0 Å². The Morgan fingerprint density at radius 2 is 2.00 bits per heavy atom. The van der Waals surface area contributed by atoms with Crippen LogP contribution in [0.25, 0.3) is 11.0 Å². The third-order valence-corrected chi connectivity index (χ3v) is 3.17. The van der Waals surface area contributed by atoms with Gasteiger partial charge in [0.15, 0.2) is 0 Å². The molecule has 0 bridgehead atoms. The Hall–Kier alpha value is -1.70. The fourth-order valence-electron chi connectivity index (χ4n) is 1.51. The Kier molecular flexibility index (Phi) is 3.21. The van der Waals surface area contributed by atoms with E-state index in [9.17, 15) is 18.0 Å². The van der Waals surface area contributed by atoms with E-state index in [4.69, 9.17) is 9.52 Å². The second-order valence-electron chi connectivity index (χ2n) is 3.79. The highest BCUT2D eigenvalue weighted by Crippen LogP contribution is 2.37. The summed E-state index contributed by atoms with van der Waals surface area (Å²) in [6.45, 7) is 0. The third kappa shape index (κ3) is 2.53. The SMILES string of the molecule is CN(C(=O)O)c1cc2c(Br)cc(C(F)(F)F)cc2o1. The fourth-order valence-corrected chi connectivity index (χ4v) is 2.06. The van der Waals surface area contributed by atoms with E-state index >= 15 is 0 Å². The number of benzene rings is 1. The van der Waals surface area contributed by atoms with Gasteiger partial charge in [0, 0.05) is 23.0 Å². The van der Waals surface area contributed by atoms with Gasteiger partial charge in [0.05, 0.1) is 5.56 Å². The first kappa shape index (κ1) is 13.7. The van der Waals surface area contributed by atoms with Gasteiger partial charge in [0.1, 0.15) is 5.58 Å². The summed E-state index contributed by atoms with van der Waals surface area (Å²) in [5.41, 5.74) is -0.907. The number of carboxylic acid groups (broad SMARTS) is 1. The molecule has 0 saturated heterocycles. The van der Waals surface area contributed by atoms with Crippen molar-refractivity contribution in [3.05, 3.63) is 28.2 Å². The van der Waals surface area contributed by atoms with Crippen LogP contribution in [0.5, 0.6) is 0 Å². The molecule has 2 rings (SSSR count). The zero-order valence-electron chi connectivity index (χ0n) is 9.45. The van der Waals surface area contributed by atoms with Gasteiger partial charge in [-0.05, 0) is 12.1 Å². The minimum Gasteiger partial charge on any atom is -0.465 e. The van der Waals surface area contributed by atoms with E-state index in [2.05, 4.69) is 15.9 Å². The average Bonchev–Trinajstić information content (AvgIpc) is 2.70. The molecule has 1 amide bonds. The van der Waals surface area contributed by atoms with Crippen LogP contribution in [0, 0.1) is 0 Å². The summed E-state index contributed by atoms with van der Waals surface area (Å²) in [6.07, 6.45) is -5.77. The lowest BCUT2D eigenvalue weighted by Crippen LogP contribution is -2.22. The molecule has 0 fully saturated rings. The minimum atomic E-state index is -4.50. The largest absolute Gasteiger partial charge is 0.465 e. The summed E-state index contributed by atoms with van der Waals surface area (Å²) in [7, 11) is 1.23. The number of carbonyl (C=O) groups is 1. The lowest BCUT2D eigenvalue weighted by atomic mass is 10.1. The van der Waals surface area contributed by atoms with Crippen LogP contribution in [0.1, 0.15) is 5.56 Å². The molecule has 8 heteroatoms. The van der Waals surface area contributed by atoms with Gasteiger partial charge in [0.25, 0.3) is 0 Å². The van der Waals surface area contributed by atoms with Gasteiger partial charge in [0.2, 0.25) is 5.88 Å². The summed E-state index contributed by atoms with van der Waals surface area (Å²) >= 11 is 3.01. The molecule has 0 radical (unpaired) electrons. The first-order valence-corrected chi connectivity index (χ1v) is 5.76. The Morgan fingerprint density at radius 1 is 1.37 bits per heavy atom. The average molecular weight is 338 g/mol. The van der Waals surface area contributed by atoms with Crippen LogP contribution in [0.2, 0.25) is 0 Å². The van der Waals surface area contributed by atoms with Crippen LogP contribution in [0.15, 0.2) is 27.1 Å². The number of fused-ring (bicyclic) bond motifs is 1. The van der Waals surface area contributed by atoms with Gasteiger partial charge in [-0.1, -0.05) is 15.9 Å². The van der Waals surface area contributed by atoms with E-state index in [1.54, 1.807) is 0 Å². The number of furan rings is 1. The van der Waals surface area contributed by atoms with Gasteiger partial charge in [-0.2, -0.15) is 13.2 Å². The maximum Gasteiger partial charge on any atom is 0.416 e. The molecule has 0 spiro atoms. The molecule has 0 aliphatic rings. The molecule has 1 aromatic heterocycles. The summed E-state index contributed by atoms with van der Waals surface area (Å²) in [5, 5.41) is 9.16. The normalized spacial score (nSPS) is 11.8. The summed E-state index contributed by atoms with van der Waals surface area (Å²) in [6, 6.07) is 3.11. The molecule has 4 nitrogen and oxygen atoms in total. The topological polar surface area (TPSA) is 53.7 Å². The molecule has 19 heavy (non-hydrogen) atoms. The summed E-state index contributed by atoms with van der Waals surface area (Å²) < 4.78 is 43.2. The maximum atomic E-state index is 12.6. The highest BCUT2D eigenvalue weighted by Gasteiger charge is 2.32. The number of hydrogen-bond acceptors (Lipinski definition) is 2. The van der Waals surface area contributed by atoms with E-state index in [-0.39, 0.29) is 15.9 Å². The first-order chi connectivity index (χ1) is 8.70. The van der Waals surface area contributed by atoms with Gasteiger partial charge in [-0.3, -0.25) is 4.90 Å². The van der Waals surface area contributed by atoms with E-state index < -0.39 is 17.8 Å². The van der Waals surface area contributed by atoms with Crippen molar-refractivity contribution < 1.29 is 27.5 Å². The molecule has 1 N–H and O–H groups in total. The molecule has 2 aromatic rings. The molecule has 0 aliphatic heterocycles. The number of anilines is 1. The Labute approximate surface area is 113 Å². The maximum absolute atomic E-state index is 12.6. The van der Waals surface area contributed by atoms with Gasteiger partial charge < -0.3 is 9.52 Å². The molecule has 102 valence electrons. The Balaban J connectivity index is 2.60. The van der Waals surface area contributed by atoms with Crippen molar-refractivity contribution in [2.45, 2.75) is 6.18 Å². The minimum absolute atomic E-state index is 0.0372. The second-order valence-corrected chi connectivity index (χ2v) is 4.65. The number of nitrogens with zero attached hydrogens (tertiary/aromatic N) is 1. The van der Waals surface area contributed by atoms with Gasteiger partial charge >= 0.3 is 12.3 Å². The van der Waals surface area contributed by atoms with Crippen LogP contribution >= 0.6 is 15.9 Å². The summed E-state index contributed by atoms with van der Waals surface area (Å²) in [5.74, 6) is -0.0532. The molecule has 0 atom stereocenters. The van der Waals surface area contributed by atoms with Crippen molar-refractivity contribution in [2.75, 3.05) is 11.9 Å². The number of alkyl halides is 3. The third-order valence-electron chi connectivity index (χ3n) is 2.52. The zero-order chi connectivity index (χ0) is 14.4. The predicted molar refractivity (Wildman–Crippen MR) is 65.3 cm³/mol. The highest BCUT2D eigenvalue weighted by molar-refractivity contribution is 9.10. The number of amides is 1. The number of hydrogen-bond donors (Lipinski definition) is 1. The standard InChI is InChI=1S/C11H7BrF3NO3/c1-16(10(17)18)9-4-6-7(12)2-5(11(13,14)15)3-8(6)19-9/h2-4H,1H3,(H,17,18). The van der Waals surface area contributed by atoms with Crippen LogP contribution in [-0.4, -0.2) is 18.2 Å². The molecule has 0 saturated carbocycles. The molecule has 0 unspecified atom stereocenters. The Bertz CT molecular complexity index is 650. The second kappa shape index (κ2) is 4.44. The molecule has 0 aliphatic carbocycles. The van der Waals surface area contributed by atoms with Crippen molar-refractivity contribution in [1.82, 2.24) is 0 Å². The molecular weight excluding hydrogens is 331 g/mol. The van der Waals surface area contributed by atoms with Crippen molar-refractivity contribution in [1.29, 1.82) is 0 Å². The number of halogens is 4. The summed E-state index contributed by atoms with van der Waals surface area (Å²) in [4.78, 5) is 11.5. The molecule has 1 heterocycles. The predicted octanol–water partition coefficient (Wildman–Crippen LogP) is 4.33. The van der Waals surface area contributed by atoms with E-state index in [0.717, 1.165) is 17.0 Å². The zero-order valence-corrected chi connectivity index (χ0v) is 11.0. The van der Waals surface area contributed by atoms with Crippen LogP contribution in [0.4, 0.5) is 23.8 Å². The molecular formula is C11H7BrF3NO3. The smallest absolute Gasteiger partial charge is 0.416 e. The van der Waals surface area contributed by atoms with Crippen LogP contribution in [0.3, 0.4) is 0 Å². The molecule has 1 aromatic carbocycles. The van der Waals surface area contributed by atoms with Crippen LogP contribution in [-0.2, 0) is 6.18 Å². The lowest BCUT2D eigenvalue weighted by Gasteiger charge is -2.07. The van der Waals surface area contributed by atoms with Crippen molar-refractivity contribution in [3.63, 3.8) is 0 Å². The van der Waals surface area contributed by atoms with E-state index in [1.165, 1.54) is 13.1 Å². The van der Waals surface area contributed by atoms with Crippen molar-refractivity contribution in [2.24, 2.45) is 0 Å². The van der Waals surface area contributed by atoms with Gasteiger partial charge in [-0.25, -0.2) is 4.79 Å². The number of rotatable bonds is 1. The van der Waals surface area contributed by atoms with Crippen molar-refractivity contribution in [3.8, 4) is 0 Å². The van der Waals surface area contributed by atoms with E-state index in [0.29, 0.717) is 5.39 Å². The highest BCUT2D eigenvalue weighted by atomic mass is 79.9. The van der Waals surface area contributed by atoms with Crippen molar-refractivity contribution >= 4 is 38.9 Å². The monoisotopic (exact) mass is 337 g/mol. The first-order valence-electron chi connectivity index (χ1n) is 4.97. The quantitative estimate of drug-likeness (QED) is 0.842. The Morgan fingerprint density at radius 3 is 2.53 bits per heavy atom. The fraction of sp³-hybridized carbons (Fsp3) is 0.182.